The molecular weight excluding hydrogens is 240 g/mol. The predicted octanol–water partition coefficient (Wildman–Crippen LogP) is -0.309. The number of carbonyl (C=O) groups excluding carboxylic acids is 2. The fourth-order valence-electron chi connectivity index (χ4n) is 1.24. The van der Waals surface area contributed by atoms with E-state index in [9.17, 15) is 19.2 Å². The van der Waals surface area contributed by atoms with E-state index in [4.69, 9.17) is 4.74 Å². The van der Waals surface area contributed by atoms with E-state index in [-0.39, 0.29) is 12.1 Å². The van der Waals surface area contributed by atoms with Crippen molar-refractivity contribution in [1.29, 1.82) is 0 Å². The molecule has 0 unspecified atom stereocenters. The normalized spacial score (nSPS) is 11.1. The van der Waals surface area contributed by atoms with Crippen LogP contribution in [0.5, 0.6) is 0 Å². The Morgan fingerprint density at radius 2 is 2.06 bits per heavy atom. The minimum absolute atomic E-state index is 0.224. The molecule has 0 amide bonds. The summed E-state index contributed by atoms with van der Waals surface area (Å²) in [6, 6.07) is 0. The third-order valence-corrected chi connectivity index (χ3v) is 1.88. The molecule has 1 heterocycles. The van der Waals surface area contributed by atoms with Gasteiger partial charge in [0.15, 0.2) is 6.29 Å². The van der Waals surface area contributed by atoms with Gasteiger partial charge in [0, 0.05) is 6.20 Å². The molecule has 0 atom stereocenters. The van der Waals surface area contributed by atoms with Gasteiger partial charge in [-0.05, 0) is 20.8 Å². The molecule has 0 aromatic carbocycles. The SMILES string of the molecule is CC(C)(C)OC(=O)Cn1cc(C=O)c(=O)[nH]c1=O. The standard InChI is InChI=1S/C11H14N2O5/c1-11(2,3)18-8(15)5-13-4-7(6-14)9(16)12-10(13)17/h4,6H,5H2,1-3H3,(H,12,16,17). The zero-order valence-electron chi connectivity index (χ0n) is 10.4. The lowest BCUT2D eigenvalue weighted by molar-refractivity contribution is -0.155. The van der Waals surface area contributed by atoms with E-state index < -0.39 is 22.8 Å². The molecule has 1 N–H and O–H groups in total. The van der Waals surface area contributed by atoms with Crippen molar-refractivity contribution in [2.75, 3.05) is 0 Å². The molecule has 0 fully saturated rings. The summed E-state index contributed by atoms with van der Waals surface area (Å²) < 4.78 is 5.94. The van der Waals surface area contributed by atoms with E-state index in [2.05, 4.69) is 0 Å². The van der Waals surface area contributed by atoms with E-state index in [0.29, 0.717) is 6.29 Å². The minimum atomic E-state index is -0.782. The van der Waals surface area contributed by atoms with Gasteiger partial charge in [-0.1, -0.05) is 0 Å². The number of hydrogen-bond donors (Lipinski definition) is 1. The quantitative estimate of drug-likeness (QED) is 0.589. The third kappa shape index (κ3) is 3.69. The second kappa shape index (κ2) is 4.99. The summed E-state index contributed by atoms with van der Waals surface area (Å²) in [4.78, 5) is 46.5. The van der Waals surface area contributed by atoms with Gasteiger partial charge in [0.25, 0.3) is 5.56 Å². The molecule has 18 heavy (non-hydrogen) atoms. The monoisotopic (exact) mass is 254 g/mol. The van der Waals surface area contributed by atoms with Crippen LogP contribution in [0.25, 0.3) is 0 Å². The second-order valence-electron chi connectivity index (χ2n) is 4.68. The van der Waals surface area contributed by atoms with E-state index >= 15 is 0 Å². The molecule has 0 aliphatic carbocycles. The molecule has 1 aromatic rings. The van der Waals surface area contributed by atoms with E-state index in [1.807, 2.05) is 4.98 Å². The summed E-state index contributed by atoms with van der Waals surface area (Å²) in [6.07, 6.45) is 1.34. The van der Waals surface area contributed by atoms with Crippen LogP contribution in [0.3, 0.4) is 0 Å². The summed E-state index contributed by atoms with van der Waals surface area (Å²) in [5.74, 6) is -0.631. The Balaban J connectivity index is 2.98. The highest BCUT2D eigenvalue weighted by molar-refractivity contribution is 5.74. The Labute approximate surface area is 102 Å². The van der Waals surface area contributed by atoms with E-state index in [0.717, 1.165) is 10.8 Å². The van der Waals surface area contributed by atoms with Gasteiger partial charge in [0.1, 0.15) is 12.1 Å². The number of carbonyl (C=O) groups is 2. The Morgan fingerprint density at radius 1 is 1.44 bits per heavy atom. The van der Waals surface area contributed by atoms with Gasteiger partial charge < -0.3 is 4.74 Å². The number of H-pyrrole nitrogens is 1. The average molecular weight is 254 g/mol. The Bertz CT molecular complexity index is 576. The van der Waals surface area contributed by atoms with Crippen LogP contribution in [0.1, 0.15) is 31.1 Å². The van der Waals surface area contributed by atoms with Gasteiger partial charge in [-0.25, -0.2) is 4.79 Å². The van der Waals surface area contributed by atoms with Gasteiger partial charge >= 0.3 is 11.7 Å². The van der Waals surface area contributed by atoms with Crippen LogP contribution in [-0.2, 0) is 16.1 Å². The van der Waals surface area contributed by atoms with Crippen LogP contribution >= 0.6 is 0 Å². The van der Waals surface area contributed by atoms with Gasteiger partial charge in [0.05, 0.1) is 5.56 Å². The molecule has 0 aliphatic heterocycles. The summed E-state index contributed by atoms with van der Waals surface area (Å²) >= 11 is 0. The van der Waals surface area contributed by atoms with Crippen LogP contribution in [0.2, 0.25) is 0 Å². The first-order chi connectivity index (χ1) is 8.23. The predicted molar refractivity (Wildman–Crippen MR) is 62.6 cm³/mol. The summed E-state index contributed by atoms with van der Waals surface area (Å²) in [5.41, 5.74) is -2.44. The number of nitrogens with zero attached hydrogens (tertiary/aromatic N) is 1. The molecule has 0 radical (unpaired) electrons. The molecule has 1 rings (SSSR count). The van der Waals surface area contributed by atoms with Gasteiger partial charge in [-0.15, -0.1) is 0 Å². The lowest BCUT2D eigenvalue weighted by Gasteiger charge is -2.19. The Hall–Kier alpha value is -2.18. The zero-order chi connectivity index (χ0) is 13.9. The number of rotatable bonds is 3. The van der Waals surface area contributed by atoms with Crippen LogP contribution < -0.4 is 11.2 Å². The van der Waals surface area contributed by atoms with Gasteiger partial charge in [-0.2, -0.15) is 0 Å². The number of esters is 1. The van der Waals surface area contributed by atoms with Crippen molar-refractivity contribution in [2.24, 2.45) is 0 Å². The highest BCUT2D eigenvalue weighted by atomic mass is 16.6. The second-order valence-corrected chi connectivity index (χ2v) is 4.68. The smallest absolute Gasteiger partial charge is 0.328 e. The van der Waals surface area contributed by atoms with Crippen LogP contribution in [0.15, 0.2) is 15.8 Å². The lowest BCUT2D eigenvalue weighted by Crippen LogP contribution is -2.35. The van der Waals surface area contributed by atoms with Crippen LogP contribution in [0, 0.1) is 0 Å². The third-order valence-electron chi connectivity index (χ3n) is 1.88. The van der Waals surface area contributed by atoms with E-state index in [1.54, 1.807) is 20.8 Å². The van der Waals surface area contributed by atoms with Crippen molar-refractivity contribution in [1.82, 2.24) is 9.55 Å². The molecular formula is C11H14N2O5. The van der Waals surface area contributed by atoms with Crippen molar-refractivity contribution in [3.05, 3.63) is 32.6 Å². The van der Waals surface area contributed by atoms with E-state index in [1.165, 1.54) is 0 Å². The number of aromatic amines is 1. The molecule has 0 saturated heterocycles. The van der Waals surface area contributed by atoms with Crippen molar-refractivity contribution >= 4 is 12.3 Å². The maximum atomic E-state index is 11.5. The van der Waals surface area contributed by atoms with Crippen molar-refractivity contribution < 1.29 is 14.3 Å². The molecule has 0 saturated carbocycles. The summed E-state index contributed by atoms with van der Waals surface area (Å²) in [5, 5.41) is 0. The molecule has 0 spiro atoms. The minimum Gasteiger partial charge on any atom is -0.459 e. The van der Waals surface area contributed by atoms with Crippen LogP contribution in [0.4, 0.5) is 0 Å². The van der Waals surface area contributed by atoms with Crippen molar-refractivity contribution in [2.45, 2.75) is 32.9 Å². The maximum Gasteiger partial charge on any atom is 0.328 e. The Morgan fingerprint density at radius 3 is 2.56 bits per heavy atom. The number of ether oxygens (including phenoxy) is 1. The van der Waals surface area contributed by atoms with Crippen LogP contribution in [-0.4, -0.2) is 27.4 Å². The lowest BCUT2D eigenvalue weighted by atomic mass is 10.2. The molecule has 1 aromatic heterocycles. The summed E-state index contributed by atoms with van der Waals surface area (Å²) in [6.45, 7) is 4.71. The highest BCUT2D eigenvalue weighted by Gasteiger charge is 2.17. The molecule has 7 heteroatoms. The number of aldehydes is 1. The van der Waals surface area contributed by atoms with Crippen molar-refractivity contribution in [3.8, 4) is 0 Å². The Kier molecular flexibility index (Phi) is 3.85. The zero-order valence-corrected chi connectivity index (χ0v) is 10.4. The van der Waals surface area contributed by atoms with Gasteiger partial charge in [-0.3, -0.25) is 23.9 Å². The largest absolute Gasteiger partial charge is 0.459 e. The first-order valence-corrected chi connectivity index (χ1v) is 5.24. The number of hydrogen-bond acceptors (Lipinski definition) is 5. The molecule has 0 bridgehead atoms. The molecule has 0 aliphatic rings. The first kappa shape index (κ1) is 13.9. The first-order valence-electron chi connectivity index (χ1n) is 5.24. The topological polar surface area (TPSA) is 98.2 Å². The molecule has 98 valence electrons. The maximum absolute atomic E-state index is 11.5. The molecule has 7 nitrogen and oxygen atoms in total. The fourth-order valence-corrected chi connectivity index (χ4v) is 1.24. The summed E-state index contributed by atoms with van der Waals surface area (Å²) in [7, 11) is 0. The number of nitrogens with one attached hydrogen (secondary N) is 1. The fraction of sp³-hybridized carbons (Fsp3) is 0.455. The number of aromatic nitrogens is 2. The highest BCUT2D eigenvalue weighted by Crippen LogP contribution is 2.07. The van der Waals surface area contributed by atoms with Crippen molar-refractivity contribution in [3.63, 3.8) is 0 Å². The van der Waals surface area contributed by atoms with Gasteiger partial charge in [0.2, 0.25) is 0 Å². The average Bonchev–Trinajstić information content (AvgIpc) is 2.19.